The van der Waals surface area contributed by atoms with E-state index >= 15 is 0 Å². The van der Waals surface area contributed by atoms with Crippen molar-refractivity contribution < 1.29 is 17.6 Å². The molecular formula is C7H5ClF4N2. The topological polar surface area (TPSA) is 38.9 Å². The molecule has 0 fully saturated rings. The van der Waals surface area contributed by atoms with Crippen LogP contribution in [0.25, 0.3) is 0 Å². The molecule has 0 aliphatic heterocycles. The van der Waals surface area contributed by atoms with Crippen molar-refractivity contribution in [2.45, 2.75) is 12.2 Å². The van der Waals surface area contributed by atoms with E-state index < -0.39 is 23.7 Å². The lowest BCUT2D eigenvalue weighted by atomic mass is 10.2. The van der Waals surface area contributed by atoms with Crippen LogP contribution in [0.3, 0.4) is 0 Å². The summed E-state index contributed by atoms with van der Waals surface area (Å²) >= 11 is 5.31. The third-order valence-corrected chi connectivity index (χ3v) is 1.69. The van der Waals surface area contributed by atoms with Crippen LogP contribution in [0.1, 0.15) is 11.7 Å². The molecule has 1 unspecified atom stereocenters. The van der Waals surface area contributed by atoms with Crippen LogP contribution in [0.4, 0.5) is 17.6 Å². The average molecular weight is 229 g/mol. The molecule has 0 aromatic carbocycles. The Hall–Kier alpha value is -0.880. The van der Waals surface area contributed by atoms with Crippen LogP contribution in [-0.4, -0.2) is 11.2 Å². The van der Waals surface area contributed by atoms with Gasteiger partial charge in [0.05, 0.1) is 5.02 Å². The minimum atomic E-state index is -4.72. The van der Waals surface area contributed by atoms with E-state index in [1.54, 1.807) is 0 Å². The Morgan fingerprint density at radius 1 is 1.43 bits per heavy atom. The van der Waals surface area contributed by atoms with Gasteiger partial charge in [-0.3, -0.25) is 4.98 Å². The van der Waals surface area contributed by atoms with E-state index in [-0.39, 0.29) is 5.02 Å². The molecule has 0 saturated heterocycles. The van der Waals surface area contributed by atoms with E-state index in [0.717, 1.165) is 12.3 Å². The summed E-state index contributed by atoms with van der Waals surface area (Å²) in [5.41, 5.74) is 3.89. The van der Waals surface area contributed by atoms with Crippen molar-refractivity contribution in [1.29, 1.82) is 0 Å². The zero-order valence-electron chi connectivity index (χ0n) is 6.65. The number of pyridine rings is 1. The highest BCUT2D eigenvalue weighted by molar-refractivity contribution is 6.30. The smallest absolute Gasteiger partial charge is 0.315 e. The van der Waals surface area contributed by atoms with Gasteiger partial charge in [-0.15, -0.1) is 0 Å². The Balaban J connectivity index is 3.08. The number of nitrogens with zero attached hydrogens (tertiary/aromatic N) is 1. The molecule has 0 radical (unpaired) electrons. The second kappa shape index (κ2) is 3.70. The van der Waals surface area contributed by atoms with Crippen LogP contribution < -0.4 is 5.73 Å². The van der Waals surface area contributed by atoms with Gasteiger partial charge < -0.3 is 5.73 Å². The normalized spacial score (nSPS) is 14.1. The number of aromatic nitrogens is 1. The predicted octanol–water partition coefficient (Wildman–Crippen LogP) is 2.44. The summed E-state index contributed by atoms with van der Waals surface area (Å²) in [5.74, 6) is -1.16. The molecule has 1 rings (SSSR count). The summed E-state index contributed by atoms with van der Waals surface area (Å²) in [6.07, 6.45) is -3.81. The number of hydrogen-bond acceptors (Lipinski definition) is 2. The Morgan fingerprint density at radius 2 is 2.00 bits per heavy atom. The molecular weight excluding hydrogens is 224 g/mol. The molecule has 1 heterocycles. The van der Waals surface area contributed by atoms with Crippen molar-refractivity contribution in [3.63, 3.8) is 0 Å². The maximum atomic E-state index is 12.9. The molecule has 0 bridgehead atoms. The number of hydrogen-bond donors (Lipinski definition) is 1. The monoisotopic (exact) mass is 228 g/mol. The molecule has 0 amide bonds. The molecule has 2 N–H and O–H groups in total. The minimum Gasteiger partial charge on any atom is -0.315 e. The van der Waals surface area contributed by atoms with Crippen molar-refractivity contribution in [2.75, 3.05) is 0 Å². The van der Waals surface area contributed by atoms with Crippen molar-refractivity contribution in [3.05, 3.63) is 28.8 Å². The predicted molar refractivity (Wildman–Crippen MR) is 42.2 cm³/mol. The number of rotatable bonds is 1. The molecule has 0 aliphatic carbocycles. The first-order chi connectivity index (χ1) is 6.32. The Morgan fingerprint density at radius 3 is 2.43 bits per heavy atom. The summed E-state index contributed by atoms with van der Waals surface area (Å²) in [5, 5.41) is -0.0828. The summed E-state index contributed by atoms with van der Waals surface area (Å²) < 4.78 is 49.1. The lowest BCUT2D eigenvalue weighted by molar-refractivity contribution is -0.150. The standard InChI is InChI=1S/C7H5ClF4N2/c8-3-1-4(9)5(14-2-3)6(13)7(10,11)12/h1-2,6H,13H2. The second-order valence-corrected chi connectivity index (χ2v) is 2.98. The quantitative estimate of drug-likeness (QED) is 0.750. The average Bonchev–Trinajstić information content (AvgIpc) is 2.01. The lowest BCUT2D eigenvalue weighted by Crippen LogP contribution is -2.30. The van der Waals surface area contributed by atoms with Gasteiger partial charge in [-0.2, -0.15) is 13.2 Å². The molecule has 0 spiro atoms. The molecule has 1 aromatic heterocycles. The van der Waals surface area contributed by atoms with E-state index in [1.165, 1.54) is 0 Å². The Kier molecular flexibility index (Phi) is 2.96. The number of halogens is 5. The van der Waals surface area contributed by atoms with Crippen LogP contribution in [0.15, 0.2) is 12.3 Å². The third kappa shape index (κ3) is 2.33. The fraction of sp³-hybridized carbons (Fsp3) is 0.286. The zero-order valence-corrected chi connectivity index (χ0v) is 7.40. The first-order valence-corrected chi connectivity index (χ1v) is 3.83. The van der Waals surface area contributed by atoms with Crippen LogP contribution >= 0.6 is 11.6 Å². The van der Waals surface area contributed by atoms with Gasteiger partial charge >= 0.3 is 6.18 Å². The Bertz CT molecular complexity index is 339. The summed E-state index contributed by atoms with van der Waals surface area (Å²) in [4.78, 5) is 3.19. The maximum Gasteiger partial charge on any atom is 0.409 e. The van der Waals surface area contributed by atoms with Gasteiger partial charge in [0.25, 0.3) is 0 Å². The minimum absolute atomic E-state index is 0.0828. The largest absolute Gasteiger partial charge is 0.409 e. The highest BCUT2D eigenvalue weighted by Crippen LogP contribution is 2.30. The van der Waals surface area contributed by atoms with Gasteiger partial charge in [-0.05, 0) is 6.07 Å². The first-order valence-electron chi connectivity index (χ1n) is 3.45. The van der Waals surface area contributed by atoms with E-state index in [0.29, 0.717) is 0 Å². The van der Waals surface area contributed by atoms with E-state index in [2.05, 4.69) is 4.98 Å². The van der Waals surface area contributed by atoms with Crippen molar-refractivity contribution in [1.82, 2.24) is 4.98 Å². The highest BCUT2D eigenvalue weighted by Gasteiger charge is 2.40. The summed E-state index contributed by atoms with van der Waals surface area (Å²) in [6.45, 7) is 0. The number of alkyl halides is 3. The number of nitrogens with two attached hydrogens (primary N) is 1. The molecule has 0 saturated carbocycles. The Labute approximate surface area is 81.7 Å². The molecule has 78 valence electrons. The van der Waals surface area contributed by atoms with Crippen LogP contribution in [0, 0.1) is 5.82 Å². The molecule has 14 heavy (non-hydrogen) atoms. The zero-order chi connectivity index (χ0) is 10.9. The molecule has 1 aromatic rings. The van der Waals surface area contributed by atoms with Crippen LogP contribution in [0.2, 0.25) is 5.02 Å². The molecule has 2 nitrogen and oxygen atoms in total. The first kappa shape index (κ1) is 11.2. The van der Waals surface area contributed by atoms with Crippen LogP contribution in [0.5, 0.6) is 0 Å². The lowest BCUT2D eigenvalue weighted by Gasteiger charge is -2.15. The van der Waals surface area contributed by atoms with Gasteiger partial charge in [0.15, 0.2) is 0 Å². The van der Waals surface area contributed by atoms with Crippen LogP contribution in [-0.2, 0) is 0 Å². The second-order valence-electron chi connectivity index (χ2n) is 2.54. The van der Waals surface area contributed by atoms with Gasteiger partial charge in [0.1, 0.15) is 17.6 Å². The fourth-order valence-corrected chi connectivity index (χ4v) is 0.954. The van der Waals surface area contributed by atoms with Crippen molar-refractivity contribution in [2.24, 2.45) is 5.73 Å². The fourth-order valence-electron chi connectivity index (χ4n) is 0.809. The molecule has 0 aliphatic rings. The van der Waals surface area contributed by atoms with Gasteiger partial charge in [-0.25, -0.2) is 4.39 Å². The third-order valence-electron chi connectivity index (χ3n) is 1.48. The highest BCUT2D eigenvalue weighted by atomic mass is 35.5. The molecule has 7 heteroatoms. The van der Waals surface area contributed by atoms with Crippen molar-refractivity contribution in [3.8, 4) is 0 Å². The SMILES string of the molecule is NC(c1ncc(Cl)cc1F)C(F)(F)F. The molecule has 1 atom stereocenters. The maximum absolute atomic E-state index is 12.9. The van der Waals surface area contributed by atoms with Gasteiger partial charge in [0.2, 0.25) is 0 Å². The van der Waals surface area contributed by atoms with Crippen molar-refractivity contribution >= 4 is 11.6 Å². The summed E-state index contributed by atoms with van der Waals surface area (Å²) in [7, 11) is 0. The van der Waals surface area contributed by atoms with Gasteiger partial charge in [0, 0.05) is 6.20 Å². The summed E-state index contributed by atoms with van der Waals surface area (Å²) in [6, 6.07) is -1.70. The van der Waals surface area contributed by atoms with E-state index in [9.17, 15) is 17.6 Å². The van der Waals surface area contributed by atoms with Gasteiger partial charge in [-0.1, -0.05) is 11.6 Å². The van der Waals surface area contributed by atoms with E-state index in [4.69, 9.17) is 17.3 Å². The van der Waals surface area contributed by atoms with E-state index in [1.807, 2.05) is 0 Å².